The number of fused-ring (bicyclic) bond motifs is 1. The molecule has 3 N–H and O–H groups in total. The molecule has 0 radical (unpaired) electrons. The average molecular weight is 451 g/mol. The fourth-order valence-corrected chi connectivity index (χ4v) is 5.29. The summed E-state index contributed by atoms with van der Waals surface area (Å²) in [6.45, 7) is 11.0. The van der Waals surface area contributed by atoms with Gasteiger partial charge in [0.15, 0.2) is 0 Å². The van der Waals surface area contributed by atoms with Crippen molar-refractivity contribution in [1.82, 2.24) is 0 Å². The van der Waals surface area contributed by atoms with E-state index >= 15 is 0 Å². The molecule has 1 fully saturated rings. The number of nitrogens with one attached hydrogen (secondary N) is 1. The molecule has 2 atom stereocenters. The predicted molar refractivity (Wildman–Crippen MR) is 134 cm³/mol. The SMILES string of the molecule is CCc1ccc(C2(C(=O)Nc3ccc4c(c3)CC(C(C)(C)C)N4CC(O)CO)CC2)cc1C. The van der Waals surface area contributed by atoms with Gasteiger partial charge in [-0.25, -0.2) is 0 Å². The number of rotatable bonds is 7. The zero-order valence-electron chi connectivity index (χ0n) is 20.6. The number of hydrogen-bond acceptors (Lipinski definition) is 4. The molecule has 2 aromatic rings. The van der Waals surface area contributed by atoms with Crippen LogP contribution in [0.2, 0.25) is 0 Å². The number of aliphatic hydroxyl groups excluding tert-OH is 2. The summed E-state index contributed by atoms with van der Waals surface area (Å²) >= 11 is 0. The standard InChI is InChI=1S/C28H38N2O3/c1-6-19-7-8-21(13-18(19)2)28(11-12-28)26(33)29-22-9-10-24-20(14-22)15-25(27(3,4)5)30(24)16-23(32)17-31/h7-10,13-14,23,25,31-32H,6,11-12,15-17H2,1-5H3,(H,29,33). The molecule has 1 amide bonds. The van der Waals surface area contributed by atoms with Crippen molar-refractivity contribution < 1.29 is 15.0 Å². The Morgan fingerprint density at radius 2 is 1.94 bits per heavy atom. The van der Waals surface area contributed by atoms with Gasteiger partial charge in [0.1, 0.15) is 0 Å². The van der Waals surface area contributed by atoms with Gasteiger partial charge in [0.2, 0.25) is 5.91 Å². The maximum atomic E-state index is 13.4. The van der Waals surface area contributed by atoms with Crippen molar-refractivity contribution in [3.8, 4) is 0 Å². The predicted octanol–water partition coefficient (Wildman–Crippen LogP) is 4.36. The molecule has 0 aromatic heterocycles. The molecule has 1 aliphatic carbocycles. The number of aryl methyl sites for hydroxylation is 2. The van der Waals surface area contributed by atoms with Gasteiger partial charge in [0, 0.05) is 24.0 Å². The molecule has 0 bridgehead atoms. The van der Waals surface area contributed by atoms with Gasteiger partial charge in [0.05, 0.1) is 18.1 Å². The molecule has 5 heteroatoms. The Morgan fingerprint density at radius 1 is 1.21 bits per heavy atom. The van der Waals surface area contributed by atoms with Gasteiger partial charge in [0.25, 0.3) is 0 Å². The number of β-amino-alcohol motifs (C(OH)–C–C–N with tert-alkyl or cyclic N) is 1. The second kappa shape index (κ2) is 8.77. The largest absolute Gasteiger partial charge is 0.394 e. The maximum Gasteiger partial charge on any atom is 0.235 e. The first-order valence-corrected chi connectivity index (χ1v) is 12.2. The van der Waals surface area contributed by atoms with E-state index < -0.39 is 11.5 Å². The molecule has 33 heavy (non-hydrogen) atoms. The fourth-order valence-electron chi connectivity index (χ4n) is 5.29. The fraction of sp³-hybridized carbons (Fsp3) is 0.536. The van der Waals surface area contributed by atoms with E-state index in [1.807, 2.05) is 12.1 Å². The van der Waals surface area contributed by atoms with Gasteiger partial charge in [-0.3, -0.25) is 4.79 Å². The first-order chi connectivity index (χ1) is 15.6. The highest BCUT2D eigenvalue weighted by Gasteiger charge is 2.51. The number of carbonyl (C=O) groups is 1. The van der Waals surface area contributed by atoms with E-state index in [0.717, 1.165) is 42.6 Å². The third-order valence-electron chi connectivity index (χ3n) is 7.51. The van der Waals surface area contributed by atoms with Crippen LogP contribution < -0.4 is 10.2 Å². The van der Waals surface area contributed by atoms with Crippen molar-refractivity contribution in [2.75, 3.05) is 23.4 Å². The van der Waals surface area contributed by atoms with Crippen LogP contribution in [0.3, 0.4) is 0 Å². The van der Waals surface area contributed by atoms with Gasteiger partial charge in [-0.2, -0.15) is 0 Å². The molecule has 178 valence electrons. The van der Waals surface area contributed by atoms with Gasteiger partial charge in [-0.1, -0.05) is 45.9 Å². The normalized spacial score (nSPS) is 19.8. The lowest BCUT2D eigenvalue weighted by Crippen LogP contribution is -2.46. The Balaban J connectivity index is 1.55. The first kappa shape index (κ1) is 23.8. The molecule has 1 saturated carbocycles. The van der Waals surface area contributed by atoms with Crippen LogP contribution in [0.1, 0.15) is 62.8 Å². The Labute approximate surface area is 197 Å². The highest BCUT2D eigenvalue weighted by atomic mass is 16.3. The number of amides is 1. The average Bonchev–Trinajstić information content (AvgIpc) is 3.50. The topological polar surface area (TPSA) is 72.8 Å². The molecule has 0 saturated heterocycles. The van der Waals surface area contributed by atoms with Gasteiger partial charge in [-0.05, 0) is 78.5 Å². The Bertz CT molecular complexity index is 1040. The minimum absolute atomic E-state index is 0.0121. The van der Waals surface area contributed by atoms with E-state index in [0.29, 0.717) is 6.54 Å². The summed E-state index contributed by atoms with van der Waals surface area (Å²) in [7, 11) is 0. The maximum absolute atomic E-state index is 13.4. The summed E-state index contributed by atoms with van der Waals surface area (Å²) in [6, 6.07) is 12.8. The van der Waals surface area contributed by atoms with Crippen LogP contribution in [-0.2, 0) is 23.1 Å². The van der Waals surface area contributed by atoms with Gasteiger partial charge in [-0.15, -0.1) is 0 Å². The van der Waals surface area contributed by atoms with Crippen LogP contribution in [0.4, 0.5) is 11.4 Å². The van der Waals surface area contributed by atoms with Crippen LogP contribution in [0.5, 0.6) is 0 Å². The van der Waals surface area contributed by atoms with Crippen LogP contribution in [0.25, 0.3) is 0 Å². The van der Waals surface area contributed by atoms with E-state index in [1.165, 1.54) is 16.7 Å². The second-order valence-corrected chi connectivity index (χ2v) is 10.9. The summed E-state index contributed by atoms with van der Waals surface area (Å²) in [5.41, 5.74) is 6.37. The van der Waals surface area contributed by atoms with Crippen molar-refractivity contribution in [2.45, 2.75) is 77.9 Å². The van der Waals surface area contributed by atoms with E-state index in [-0.39, 0.29) is 24.0 Å². The van der Waals surface area contributed by atoms with E-state index in [1.54, 1.807) is 0 Å². The molecule has 2 aliphatic rings. The third kappa shape index (κ3) is 4.53. The van der Waals surface area contributed by atoms with Crippen molar-refractivity contribution in [3.63, 3.8) is 0 Å². The highest BCUT2D eigenvalue weighted by Crippen LogP contribution is 2.49. The number of anilines is 2. The van der Waals surface area contributed by atoms with Gasteiger partial charge < -0.3 is 20.4 Å². The van der Waals surface area contributed by atoms with Crippen molar-refractivity contribution in [3.05, 3.63) is 58.7 Å². The molecule has 2 aromatic carbocycles. The summed E-state index contributed by atoms with van der Waals surface area (Å²) in [5.74, 6) is 0.0732. The summed E-state index contributed by atoms with van der Waals surface area (Å²) in [6.07, 6.45) is 2.84. The van der Waals surface area contributed by atoms with E-state index in [4.69, 9.17) is 0 Å². The molecule has 5 nitrogen and oxygen atoms in total. The first-order valence-electron chi connectivity index (χ1n) is 12.2. The quantitative estimate of drug-likeness (QED) is 0.586. The van der Waals surface area contributed by atoms with Crippen molar-refractivity contribution in [2.24, 2.45) is 5.41 Å². The monoisotopic (exact) mass is 450 g/mol. The number of aliphatic hydroxyl groups is 2. The Hall–Kier alpha value is -2.37. The number of benzene rings is 2. The van der Waals surface area contributed by atoms with Gasteiger partial charge >= 0.3 is 0 Å². The smallest absolute Gasteiger partial charge is 0.235 e. The van der Waals surface area contributed by atoms with E-state index in [2.05, 4.69) is 69.1 Å². The highest BCUT2D eigenvalue weighted by molar-refractivity contribution is 6.01. The number of carbonyl (C=O) groups excluding carboxylic acids is 1. The minimum Gasteiger partial charge on any atom is -0.394 e. The molecule has 2 unspecified atom stereocenters. The van der Waals surface area contributed by atoms with Crippen LogP contribution in [0, 0.1) is 12.3 Å². The molecular weight excluding hydrogens is 412 g/mol. The molecule has 4 rings (SSSR count). The minimum atomic E-state index is -0.780. The van der Waals surface area contributed by atoms with Crippen LogP contribution >= 0.6 is 0 Å². The van der Waals surface area contributed by atoms with Crippen molar-refractivity contribution >= 4 is 17.3 Å². The molecule has 0 spiro atoms. The zero-order chi connectivity index (χ0) is 24.0. The lowest BCUT2D eigenvalue weighted by molar-refractivity contribution is -0.118. The molecular formula is C28H38N2O3. The lowest BCUT2D eigenvalue weighted by Gasteiger charge is -2.37. The lowest BCUT2D eigenvalue weighted by atomic mass is 9.84. The molecule has 1 heterocycles. The summed E-state index contributed by atoms with van der Waals surface area (Å²) in [4.78, 5) is 15.6. The van der Waals surface area contributed by atoms with E-state index in [9.17, 15) is 15.0 Å². The van der Waals surface area contributed by atoms with Crippen LogP contribution in [0.15, 0.2) is 36.4 Å². The third-order valence-corrected chi connectivity index (χ3v) is 7.51. The summed E-state index contributed by atoms with van der Waals surface area (Å²) in [5, 5.41) is 22.7. The zero-order valence-corrected chi connectivity index (χ0v) is 20.6. The molecule has 1 aliphatic heterocycles. The second-order valence-electron chi connectivity index (χ2n) is 10.9. The van der Waals surface area contributed by atoms with Crippen LogP contribution in [-0.4, -0.2) is 41.4 Å². The Kier molecular flexibility index (Phi) is 6.32. The number of hydrogen-bond donors (Lipinski definition) is 3. The Morgan fingerprint density at radius 3 is 2.52 bits per heavy atom. The van der Waals surface area contributed by atoms with Crippen molar-refractivity contribution in [1.29, 1.82) is 0 Å². The summed E-state index contributed by atoms with van der Waals surface area (Å²) < 4.78 is 0. The number of nitrogens with zero attached hydrogens (tertiary/aromatic N) is 1.